The lowest BCUT2D eigenvalue weighted by molar-refractivity contribution is 0.0973. The molecule has 148 valence electrons. The number of carbonyl (C=O) groups is 1. The van der Waals surface area contributed by atoms with Gasteiger partial charge in [0, 0.05) is 47.9 Å². The summed E-state index contributed by atoms with van der Waals surface area (Å²) in [5.74, 6) is 0.424. The number of rotatable bonds is 6. The van der Waals surface area contributed by atoms with Gasteiger partial charge in [-0.1, -0.05) is 18.2 Å². The number of pyridine rings is 2. The number of carbonyl (C=O) groups excluding carboxylic acids is 1. The Morgan fingerprint density at radius 2 is 2.03 bits per heavy atom. The third-order valence-corrected chi connectivity index (χ3v) is 5.09. The maximum absolute atomic E-state index is 12.2. The minimum atomic E-state index is 0.0327. The number of nitrogens with two attached hydrogens (primary N) is 1. The summed E-state index contributed by atoms with van der Waals surface area (Å²) in [4.78, 5) is 20.9. The molecule has 8 nitrogen and oxygen atoms in total. The zero-order chi connectivity index (χ0) is 20.5. The minimum absolute atomic E-state index is 0.0327. The Bertz CT molecular complexity index is 1340. The second-order valence-corrected chi connectivity index (χ2v) is 7.10. The lowest BCUT2D eigenvalue weighted by atomic mass is 10.1. The first-order valence-corrected chi connectivity index (χ1v) is 9.69. The number of fused-ring (bicyclic) bond motifs is 3. The van der Waals surface area contributed by atoms with Crippen LogP contribution in [0.15, 0.2) is 61.1 Å². The first kappa shape index (κ1) is 18.0. The SMILES string of the molecule is Nc1nc2cc(-c3ccn[nH]3)ccc2c2cn(CCCC(=O)c3ccccn3)nc12. The summed E-state index contributed by atoms with van der Waals surface area (Å²) >= 11 is 0. The Labute approximate surface area is 171 Å². The molecule has 4 aromatic heterocycles. The molecular formula is C22H19N7O. The zero-order valence-electron chi connectivity index (χ0n) is 16.1. The monoisotopic (exact) mass is 397 g/mol. The average molecular weight is 397 g/mol. The van der Waals surface area contributed by atoms with Gasteiger partial charge in [0.05, 0.1) is 11.2 Å². The normalized spacial score (nSPS) is 11.3. The predicted molar refractivity (Wildman–Crippen MR) is 115 cm³/mol. The summed E-state index contributed by atoms with van der Waals surface area (Å²) in [6.07, 6.45) is 6.39. The van der Waals surface area contributed by atoms with Crippen molar-refractivity contribution in [1.82, 2.24) is 29.9 Å². The van der Waals surface area contributed by atoms with Gasteiger partial charge in [0.25, 0.3) is 0 Å². The van der Waals surface area contributed by atoms with E-state index in [9.17, 15) is 4.79 Å². The molecule has 1 aromatic carbocycles. The van der Waals surface area contributed by atoms with Crippen molar-refractivity contribution in [3.63, 3.8) is 0 Å². The third kappa shape index (κ3) is 3.28. The van der Waals surface area contributed by atoms with Crippen molar-refractivity contribution in [3.05, 3.63) is 66.7 Å². The van der Waals surface area contributed by atoms with Crippen molar-refractivity contribution in [2.24, 2.45) is 0 Å². The van der Waals surface area contributed by atoms with Crippen molar-refractivity contribution in [1.29, 1.82) is 0 Å². The molecule has 3 N–H and O–H groups in total. The molecular weight excluding hydrogens is 378 g/mol. The Hall–Kier alpha value is -4.07. The maximum Gasteiger partial charge on any atom is 0.181 e. The fourth-order valence-corrected chi connectivity index (χ4v) is 3.60. The fraction of sp³-hybridized carbons (Fsp3) is 0.136. The molecule has 5 aromatic rings. The molecule has 4 heterocycles. The van der Waals surface area contributed by atoms with E-state index in [1.165, 1.54) is 0 Å². The van der Waals surface area contributed by atoms with E-state index >= 15 is 0 Å². The number of nitrogens with zero attached hydrogens (tertiary/aromatic N) is 5. The Kier molecular flexibility index (Phi) is 4.44. The van der Waals surface area contributed by atoms with Crippen molar-refractivity contribution in [3.8, 4) is 11.3 Å². The fourth-order valence-electron chi connectivity index (χ4n) is 3.60. The molecule has 0 bridgehead atoms. The first-order valence-electron chi connectivity index (χ1n) is 9.69. The van der Waals surface area contributed by atoms with Crippen LogP contribution in [-0.2, 0) is 6.54 Å². The standard InChI is InChI=1S/C22H19N7O/c23-22-21-16(15-7-6-14(12-19(15)26-22)17-8-10-25-27-17)13-29(28-21)11-3-5-20(30)18-4-1-2-9-24-18/h1-2,4,6-10,12-13H,3,5,11H2,(H2,23,26)(H,25,27). The largest absolute Gasteiger partial charge is 0.382 e. The van der Waals surface area contributed by atoms with Gasteiger partial charge in [0.15, 0.2) is 11.6 Å². The Morgan fingerprint density at radius 3 is 2.83 bits per heavy atom. The topological polar surface area (TPSA) is 115 Å². The van der Waals surface area contributed by atoms with Gasteiger partial charge >= 0.3 is 0 Å². The molecule has 0 aliphatic heterocycles. The summed E-state index contributed by atoms with van der Waals surface area (Å²) in [5, 5.41) is 13.5. The molecule has 8 heteroatoms. The summed E-state index contributed by atoms with van der Waals surface area (Å²) in [7, 11) is 0. The van der Waals surface area contributed by atoms with Gasteiger partial charge in [-0.2, -0.15) is 10.2 Å². The Balaban J connectivity index is 1.40. The number of Topliss-reactive ketones (excluding diaryl/α,β-unsaturated/α-hetero) is 1. The highest BCUT2D eigenvalue weighted by molar-refractivity contribution is 6.08. The van der Waals surface area contributed by atoms with Crippen molar-refractivity contribution >= 4 is 33.4 Å². The second-order valence-electron chi connectivity index (χ2n) is 7.10. The molecule has 0 radical (unpaired) electrons. The summed E-state index contributed by atoms with van der Waals surface area (Å²) in [6, 6.07) is 13.3. The summed E-state index contributed by atoms with van der Waals surface area (Å²) < 4.78 is 1.83. The third-order valence-electron chi connectivity index (χ3n) is 5.09. The van der Waals surface area contributed by atoms with Crippen LogP contribution in [0.5, 0.6) is 0 Å². The highest BCUT2D eigenvalue weighted by Gasteiger charge is 2.13. The quantitative estimate of drug-likeness (QED) is 0.423. The average Bonchev–Trinajstić information content (AvgIpc) is 3.45. The highest BCUT2D eigenvalue weighted by Crippen LogP contribution is 2.30. The molecule has 0 saturated carbocycles. The number of aromatic nitrogens is 6. The number of anilines is 1. The molecule has 0 aliphatic carbocycles. The van der Waals surface area contributed by atoms with E-state index in [-0.39, 0.29) is 5.78 Å². The van der Waals surface area contributed by atoms with Crippen LogP contribution in [-0.4, -0.2) is 35.7 Å². The van der Waals surface area contributed by atoms with Crippen LogP contribution >= 0.6 is 0 Å². The van der Waals surface area contributed by atoms with Gasteiger partial charge in [-0.15, -0.1) is 0 Å². The van der Waals surface area contributed by atoms with E-state index in [2.05, 4.69) is 25.3 Å². The maximum atomic E-state index is 12.2. The highest BCUT2D eigenvalue weighted by atomic mass is 16.1. The van der Waals surface area contributed by atoms with Gasteiger partial charge in [0.2, 0.25) is 0 Å². The zero-order valence-corrected chi connectivity index (χ0v) is 16.1. The molecule has 0 fully saturated rings. The number of H-pyrrole nitrogens is 1. The number of aryl methyl sites for hydroxylation is 1. The second kappa shape index (κ2) is 7.40. The summed E-state index contributed by atoms with van der Waals surface area (Å²) in [6.45, 7) is 0.612. The van der Waals surface area contributed by atoms with E-state index in [1.54, 1.807) is 24.5 Å². The van der Waals surface area contributed by atoms with Crippen LogP contribution in [0.3, 0.4) is 0 Å². The summed E-state index contributed by atoms with van der Waals surface area (Å²) in [5.41, 5.74) is 10.1. The van der Waals surface area contributed by atoms with Crippen LogP contribution in [0.1, 0.15) is 23.3 Å². The Morgan fingerprint density at radius 1 is 1.10 bits per heavy atom. The van der Waals surface area contributed by atoms with E-state index in [4.69, 9.17) is 5.73 Å². The predicted octanol–water partition coefficient (Wildman–Crippen LogP) is 3.61. The number of hydrogen-bond donors (Lipinski definition) is 2. The number of ketones is 1. The van der Waals surface area contributed by atoms with Crippen LogP contribution in [0, 0.1) is 0 Å². The number of aromatic amines is 1. The van der Waals surface area contributed by atoms with Crippen molar-refractivity contribution in [2.75, 3.05) is 5.73 Å². The van der Waals surface area contributed by atoms with Gasteiger partial charge < -0.3 is 5.73 Å². The van der Waals surface area contributed by atoms with Crippen LogP contribution in [0.4, 0.5) is 5.82 Å². The minimum Gasteiger partial charge on any atom is -0.382 e. The molecule has 5 rings (SSSR count). The number of hydrogen-bond acceptors (Lipinski definition) is 6. The van der Waals surface area contributed by atoms with E-state index in [1.807, 2.05) is 41.2 Å². The molecule has 0 atom stereocenters. The molecule has 0 unspecified atom stereocenters. The van der Waals surface area contributed by atoms with E-state index in [0.717, 1.165) is 27.5 Å². The van der Waals surface area contributed by atoms with Crippen molar-refractivity contribution < 1.29 is 4.79 Å². The van der Waals surface area contributed by atoms with Crippen LogP contribution in [0.2, 0.25) is 0 Å². The first-order chi connectivity index (χ1) is 14.7. The lowest BCUT2D eigenvalue weighted by Crippen LogP contribution is -2.05. The van der Waals surface area contributed by atoms with Gasteiger partial charge in [0.1, 0.15) is 11.2 Å². The smallest absolute Gasteiger partial charge is 0.181 e. The molecule has 0 aliphatic rings. The molecule has 30 heavy (non-hydrogen) atoms. The molecule has 0 saturated heterocycles. The van der Waals surface area contributed by atoms with Gasteiger partial charge in [-0.3, -0.25) is 19.6 Å². The van der Waals surface area contributed by atoms with Crippen LogP contribution in [0.25, 0.3) is 33.1 Å². The lowest BCUT2D eigenvalue weighted by Gasteiger charge is -2.03. The van der Waals surface area contributed by atoms with Gasteiger partial charge in [-0.25, -0.2) is 4.98 Å². The van der Waals surface area contributed by atoms with Crippen molar-refractivity contribution in [2.45, 2.75) is 19.4 Å². The molecule has 0 amide bonds. The van der Waals surface area contributed by atoms with E-state index in [0.29, 0.717) is 36.4 Å². The van der Waals surface area contributed by atoms with Gasteiger partial charge in [-0.05, 0) is 30.7 Å². The number of nitrogen functional groups attached to an aromatic ring is 1. The van der Waals surface area contributed by atoms with E-state index < -0.39 is 0 Å². The number of nitrogens with one attached hydrogen (secondary N) is 1. The van der Waals surface area contributed by atoms with Crippen LogP contribution < -0.4 is 5.73 Å². The number of benzene rings is 1. The molecule has 0 spiro atoms.